The van der Waals surface area contributed by atoms with Gasteiger partial charge in [0.25, 0.3) is 0 Å². The van der Waals surface area contributed by atoms with E-state index in [0.29, 0.717) is 11.6 Å². The zero-order valence-electron chi connectivity index (χ0n) is 12.3. The minimum absolute atomic E-state index is 0.655. The van der Waals surface area contributed by atoms with Crippen molar-refractivity contribution in [2.45, 2.75) is 20.4 Å². The van der Waals surface area contributed by atoms with Gasteiger partial charge in [0.05, 0.1) is 29.2 Å². The zero-order chi connectivity index (χ0) is 14.7. The summed E-state index contributed by atoms with van der Waals surface area (Å²) in [5, 5.41) is 12.9. The predicted octanol–water partition coefficient (Wildman–Crippen LogP) is 1.61. The van der Waals surface area contributed by atoms with E-state index >= 15 is 0 Å². The Kier molecular flexibility index (Phi) is 4.80. The van der Waals surface area contributed by atoms with Crippen LogP contribution >= 0.6 is 11.6 Å². The average molecular weight is 298 g/mol. The van der Waals surface area contributed by atoms with Gasteiger partial charge in [0.1, 0.15) is 0 Å². The Morgan fingerprint density at radius 2 is 2.05 bits per heavy atom. The lowest BCUT2D eigenvalue weighted by Crippen LogP contribution is -2.20. The molecule has 0 saturated heterocycles. The summed E-state index contributed by atoms with van der Waals surface area (Å²) in [7, 11) is 3.60. The summed E-state index contributed by atoms with van der Waals surface area (Å²) < 4.78 is 8.64. The molecule has 0 radical (unpaired) electrons. The van der Waals surface area contributed by atoms with E-state index in [0.717, 1.165) is 35.9 Å². The van der Waals surface area contributed by atoms with Crippen molar-refractivity contribution in [2.24, 2.45) is 7.05 Å². The van der Waals surface area contributed by atoms with Gasteiger partial charge in [-0.05, 0) is 13.8 Å². The highest BCUT2D eigenvalue weighted by Gasteiger charge is 2.16. The number of hydrogen-bond donors (Lipinski definition) is 1. The van der Waals surface area contributed by atoms with Gasteiger partial charge in [-0.2, -0.15) is 10.2 Å². The Morgan fingerprint density at radius 1 is 1.30 bits per heavy atom. The summed E-state index contributed by atoms with van der Waals surface area (Å²) in [6.07, 6.45) is 1.81. The number of aromatic nitrogens is 4. The second kappa shape index (κ2) is 6.39. The van der Waals surface area contributed by atoms with Crippen molar-refractivity contribution in [3.63, 3.8) is 0 Å². The van der Waals surface area contributed by atoms with Crippen molar-refractivity contribution in [2.75, 3.05) is 20.3 Å². The fourth-order valence-electron chi connectivity index (χ4n) is 2.12. The maximum absolute atomic E-state index is 6.09. The molecule has 0 aliphatic carbocycles. The summed E-state index contributed by atoms with van der Waals surface area (Å²) in [6.45, 7) is 6.08. The molecule has 2 heterocycles. The Bertz CT molecular complexity index is 570. The van der Waals surface area contributed by atoms with E-state index in [4.69, 9.17) is 16.3 Å². The van der Waals surface area contributed by atoms with Crippen molar-refractivity contribution < 1.29 is 4.74 Å². The molecule has 20 heavy (non-hydrogen) atoms. The molecular formula is C13H20ClN5O. The third-order valence-electron chi connectivity index (χ3n) is 3.15. The van der Waals surface area contributed by atoms with E-state index in [2.05, 4.69) is 15.5 Å². The van der Waals surface area contributed by atoms with E-state index in [1.807, 2.05) is 31.8 Å². The van der Waals surface area contributed by atoms with Crippen molar-refractivity contribution in [1.82, 2.24) is 24.9 Å². The summed E-state index contributed by atoms with van der Waals surface area (Å²) in [6, 6.07) is 0. The van der Waals surface area contributed by atoms with Crippen LogP contribution < -0.4 is 5.32 Å². The van der Waals surface area contributed by atoms with E-state index in [-0.39, 0.29) is 0 Å². The molecule has 0 unspecified atom stereocenters. The van der Waals surface area contributed by atoms with Gasteiger partial charge >= 0.3 is 0 Å². The van der Waals surface area contributed by atoms with Crippen LogP contribution in [0.3, 0.4) is 0 Å². The molecule has 110 valence electrons. The topological polar surface area (TPSA) is 56.9 Å². The summed E-state index contributed by atoms with van der Waals surface area (Å²) in [5.41, 5.74) is 2.91. The number of aryl methyl sites for hydroxylation is 3. The standard InChI is InChI=1S/C13H20ClN5O/c1-9-11(7-15-5-6-20-4)13(18(3)16-9)19-8-12(14)10(2)17-19/h8,15H,5-7H2,1-4H3. The first-order valence-corrected chi connectivity index (χ1v) is 6.86. The smallest absolute Gasteiger partial charge is 0.156 e. The predicted molar refractivity (Wildman–Crippen MR) is 78.4 cm³/mol. The Morgan fingerprint density at radius 3 is 2.65 bits per heavy atom. The third kappa shape index (κ3) is 3.03. The third-order valence-corrected chi connectivity index (χ3v) is 3.53. The molecule has 2 rings (SSSR count). The quantitative estimate of drug-likeness (QED) is 0.823. The minimum atomic E-state index is 0.655. The largest absolute Gasteiger partial charge is 0.383 e. The molecule has 0 atom stereocenters. The Balaban J connectivity index is 2.27. The molecule has 1 N–H and O–H groups in total. The second-order valence-corrected chi connectivity index (χ2v) is 5.09. The zero-order valence-corrected chi connectivity index (χ0v) is 13.0. The Hall–Kier alpha value is -1.37. The molecule has 0 fully saturated rings. The van der Waals surface area contributed by atoms with Gasteiger partial charge in [-0.25, -0.2) is 4.68 Å². The lowest BCUT2D eigenvalue weighted by atomic mass is 10.2. The van der Waals surface area contributed by atoms with Gasteiger partial charge in [0.2, 0.25) is 0 Å². The van der Waals surface area contributed by atoms with Gasteiger partial charge in [-0.3, -0.25) is 4.68 Å². The Labute approximate surface area is 123 Å². The molecule has 6 nitrogen and oxygen atoms in total. The summed E-state index contributed by atoms with van der Waals surface area (Å²) in [5.74, 6) is 0.933. The lowest BCUT2D eigenvalue weighted by molar-refractivity contribution is 0.199. The number of nitrogens with one attached hydrogen (secondary N) is 1. The van der Waals surface area contributed by atoms with Crippen molar-refractivity contribution >= 4 is 11.6 Å². The first-order valence-electron chi connectivity index (χ1n) is 6.49. The van der Waals surface area contributed by atoms with Crippen LogP contribution in [0.4, 0.5) is 0 Å². The molecule has 0 spiro atoms. The van der Waals surface area contributed by atoms with Crippen LogP contribution in [-0.2, 0) is 18.3 Å². The van der Waals surface area contributed by atoms with Gasteiger partial charge < -0.3 is 10.1 Å². The van der Waals surface area contributed by atoms with E-state index < -0.39 is 0 Å². The highest BCUT2D eigenvalue weighted by Crippen LogP contribution is 2.21. The monoisotopic (exact) mass is 297 g/mol. The van der Waals surface area contributed by atoms with Crippen LogP contribution in [0.15, 0.2) is 6.20 Å². The number of nitrogens with zero attached hydrogens (tertiary/aromatic N) is 4. The van der Waals surface area contributed by atoms with Crippen LogP contribution in [0.2, 0.25) is 5.02 Å². The minimum Gasteiger partial charge on any atom is -0.383 e. The van der Waals surface area contributed by atoms with Gasteiger partial charge in [-0.15, -0.1) is 0 Å². The number of methoxy groups -OCH3 is 1. The molecule has 2 aromatic heterocycles. The summed E-state index contributed by atoms with van der Waals surface area (Å²) in [4.78, 5) is 0. The van der Waals surface area contributed by atoms with Crippen LogP contribution in [0, 0.1) is 13.8 Å². The fraction of sp³-hybridized carbons (Fsp3) is 0.538. The average Bonchev–Trinajstić information content (AvgIpc) is 2.86. The lowest BCUT2D eigenvalue weighted by Gasteiger charge is -2.08. The van der Waals surface area contributed by atoms with Gasteiger partial charge in [-0.1, -0.05) is 11.6 Å². The molecule has 7 heteroatoms. The van der Waals surface area contributed by atoms with E-state index in [1.165, 1.54) is 0 Å². The molecule has 2 aromatic rings. The van der Waals surface area contributed by atoms with Crippen molar-refractivity contribution in [1.29, 1.82) is 0 Å². The fourth-order valence-corrected chi connectivity index (χ4v) is 2.25. The van der Waals surface area contributed by atoms with Crippen LogP contribution in [0.5, 0.6) is 0 Å². The maximum atomic E-state index is 6.09. The van der Waals surface area contributed by atoms with E-state index in [9.17, 15) is 0 Å². The van der Waals surface area contributed by atoms with Crippen LogP contribution in [-0.4, -0.2) is 39.8 Å². The van der Waals surface area contributed by atoms with Crippen molar-refractivity contribution in [3.05, 3.63) is 28.2 Å². The molecule has 0 amide bonds. The highest BCUT2D eigenvalue weighted by molar-refractivity contribution is 6.31. The molecule has 0 saturated carbocycles. The first-order chi connectivity index (χ1) is 9.54. The highest BCUT2D eigenvalue weighted by atomic mass is 35.5. The normalized spacial score (nSPS) is 11.2. The maximum Gasteiger partial charge on any atom is 0.156 e. The molecule has 0 aromatic carbocycles. The van der Waals surface area contributed by atoms with Crippen LogP contribution in [0.25, 0.3) is 5.82 Å². The van der Waals surface area contributed by atoms with Gasteiger partial charge in [0, 0.05) is 32.8 Å². The molecule has 0 bridgehead atoms. The van der Waals surface area contributed by atoms with Crippen molar-refractivity contribution in [3.8, 4) is 5.82 Å². The number of ether oxygens (including phenoxy) is 1. The first kappa shape index (κ1) is 15.0. The van der Waals surface area contributed by atoms with Crippen LogP contribution in [0.1, 0.15) is 17.0 Å². The SMILES string of the molecule is COCCNCc1c(C)nn(C)c1-n1cc(Cl)c(C)n1. The summed E-state index contributed by atoms with van der Waals surface area (Å²) >= 11 is 6.09. The molecular weight excluding hydrogens is 278 g/mol. The second-order valence-electron chi connectivity index (χ2n) is 4.69. The molecule has 0 aliphatic heterocycles. The molecule has 0 aliphatic rings. The number of halogens is 1. The number of rotatable bonds is 6. The van der Waals surface area contributed by atoms with Gasteiger partial charge in [0.15, 0.2) is 5.82 Å². The van der Waals surface area contributed by atoms with E-state index in [1.54, 1.807) is 11.8 Å². The number of hydrogen-bond acceptors (Lipinski definition) is 4.